The first kappa shape index (κ1) is 12.9. The number of carbonyl (C=O) groups excluding carboxylic acids is 1. The van der Waals surface area contributed by atoms with E-state index in [1.165, 1.54) is 29.7 Å². The molecule has 0 fully saturated rings. The Kier molecular flexibility index (Phi) is 3.72. The predicted octanol–water partition coefficient (Wildman–Crippen LogP) is 4.90. The summed E-state index contributed by atoms with van der Waals surface area (Å²) in [7, 11) is 0. The van der Waals surface area contributed by atoms with Crippen molar-refractivity contribution in [3.8, 4) is 0 Å². The summed E-state index contributed by atoms with van der Waals surface area (Å²) in [5.41, 5.74) is 2.07. The van der Waals surface area contributed by atoms with Gasteiger partial charge in [0.1, 0.15) is 0 Å². The third-order valence-electron chi connectivity index (χ3n) is 3.56. The molecule has 0 atom stereocenters. The van der Waals surface area contributed by atoms with Crippen molar-refractivity contribution >= 4 is 28.7 Å². The number of halogens is 1. The summed E-state index contributed by atoms with van der Waals surface area (Å²) in [6, 6.07) is 9.29. The van der Waals surface area contributed by atoms with Crippen LogP contribution in [0.5, 0.6) is 0 Å². The van der Waals surface area contributed by atoms with Gasteiger partial charge in [0.2, 0.25) is 5.78 Å². The smallest absolute Gasteiger partial charge is 0.203 e. The summed E-state index contributed by atoms with van der Waals surface area (Å²) in [5.74, 6) is 0.0978. The molecule has 1 aliphatic carbocycles. The van der Waals surface area contributed by atoms with Gasteiger partial charge in [-0.05, 0) is 49.4 Å². The molecular formula is C16H15ClOS. The quantitative estimate of drug-likeness (QED) is 0.568. The number of aryl methyl sites for hydroxylation is 2. The zero-order valence-electron chi connectivity index (χ0n) is 10.6. The van der Waals surface area contributed by atoms with Gasteiger partial charge in [-0.3, -0.25) is 4.79 Å². The van der Waals surface area contributed by atoms with Crippen LogP contribution in [0, 0.1) is 0 Å². The topological polar surface area (TPSA) is 17.1 Å². The summed E-state index contributed by atoms with van der Waals surface area (Å²) >= 11 is 7.62. The molecule has 0 aliphatic heterocycles. The summed E-state index contributed by atoms with van der Waals surface area (Å²) in [6.07, 6.45) is 6.04. The number of thiophene rings is 1. The Morgan fingerprint density at radius 2 is 1.95 bits per heavy atom. The van der Waals surface area contributed by atoms with Crippen molar-refractivity contribution in [2.45, 2.75) is 32.1 Å². The Morgan fingerprint density at radius 1 is 1.11 bits per heavy atom. The van der Waals surface area contributed by atoms with E-state index in [-0.39, 0.29) is 5.78 Å². The minimum absolute atomic E-state index is 0.0978. The second-order valence-corrected chi connectivity index (χ2v) is 6.53. The van der Waals surface area contributed by atoms with Gasteiger partial charge in [0, 0.05) is 15.5 Å². The lowest BCUT2D eigenvalue weighted by Gasteiger charge is -1.98. The Hall–Kier alpha value is -1.12. The lowest BCUT2D eigenvalue weighted by atomic mass is 10.1. The molecule has 0 radical (unpaired) electrons. The van der Waals surface area contributed by atoms with Gasteiger partial charge in [-0.2, -0.15) is 0 Å². The molecule has 2 aromatic rings. The maximum Gasteiger partial charge on any atom is 0.203 e. The second-order valence-electron chi connectivity index (χ2n) is 4.96. The summed E-state index contributed by atoms with van der Waals surface area (Å²) in [6.45, 7) is 0. The molecule has 3 rings (SSSR count). The Balaban J connectivity index is 1.92. The van der Waals surface area contributed by atoms with Crippen LogP contribution in [0.4, 0.5) is 0 Å². The van der Waals surface area contributed by atoms with E-state index in [0.717, 1.165) is 17.7 Å². The molecule has 0 saturated heterocycles. The average molecular weight is 291 g/mol. The third-order valence-corrected chi connectivity index (χ3v) is 5.03. The standard InChI is InChI=1S/C16H15ClOS/c17-13-7-4-6-12(9-13)16(18)15-10-11-5-2-1-3-8-14(11)19-15/h4,6-7,9-10H,1-3,5,8H2. The van der Waals surface area contributed by atoms with E-state index in [1.54, 1.807) is 23.5 Å². The van der Waals surface area contributed by atoms with Gasteiger partial charge < -0.3 is 0 Å². The maximum atomic E-state index is 12.5. The molecule has 0 unspecified atom stereocenters. The molecule has 3 heteroatoms. The highest BCUT2D eigenvalue weighted by Crippen LogP contribution is 2.30. The van der Waals surface area contributed by atoms with Crippen molar-refractivity contribution in [1.82, 2.24) is 0 Å². The van der Waals surface area contributed by atoms with Gasteiger partial charge in [-0.25, -0.2) is 0 Å². The third kappa shape index (κ3) is 2.75. The lowest BCUT2D eigenvalue weighted by Crippen LogP contribution is -1.98. The molecule has 0 bridgehead atoms. The van der Waals surface area contributed by atoms with Crippen LogP contribution in [-0.4, -0.2) is 5.78 Å². The Bertz CT molecular complexity index is 591. The summed E-state index contributed by atoms with van der Waals surface area (Å²) in [4.78, 5) is 14.7. The van der Waals surface area contributed by atoms with Crippen molar-refractivity contribution in [1.29, 1.82) is 0 Å². The van der Waals surface area contributed by atoms with E-state index in [2.05, 4.69) is 6.07 Å². The van der Waals surface area contributed by atoms with Gasteiger partial charge in [0.05, 0.1) is 4.88 Å². The average Bonchev–Trinajstić information content (AvgIpc) is 2.69. The van der Waals surface area contributed by atoms with Crippen molar-refractivity contribution in [3.05, 3.63) is 56.2 Å². The van der Waals surface area contributed by atoms with Gasteiger partial charge in [0.25, 0.3) is 0 Å². The van der Waals surface area contributed by atoms with Gasteiger partial charge in [-0.15, -0.1) is 11.3 Å². The number of hydrogen-bond donors (Lipinski definition) is 0. The largest absolute Gasteiger partial charge is 0.288 e. The van der Waals surface area contributed by atoms with E-state index < -0.39 is 0 Å². The zero-order valence-corrected chi connectivity index (χ0v) is 12.2. The first-order chi connectivity index (χ1) is 9.24. The predicted molar refractivity (Wildman–Crippen MR) is 80.5 cm³/mol. The van der Waals surface area contributed by atoms with Crippen LogP contribution in [0.15, 0.2) is 30.3 Å². The van der Waals surface area contributed by atoms with Crippen LogP contribution in [0.2, 0.25) is 5.02 Å². The normalized spacial score (nSPS) is 14.8. The molecule has 1 aromatic carbocycles. The molecule has 1 aliphatic rings. The SMILES string of the molecule is O=C(c1cccc(Cl)c1)c1cc2c(s1)CCCCC2. The van der Waals surface area contributed by atoms with E-state index in [4.69, 9.17) is 11.6 Å². The summed E-state index contributed by atoms with van der Waals surface area (Å²) in [5, 5.41) is 0.615. The molecule has 0 spiro atoms. The first-order valence-corrected chi connectivity index (χ1v) is 7.85. The van der Waals surface area contributed by atoms with Crippen molar-refractivity contribution in [2.24, 2.45) is 0 Å². The summed E-state index contributed by atoms with van der Waals surface area (Å²) < 4.78 is 0. The van der Waals surface area contributed by atoms with E-state index in [9.17, 15) is 4.79 Å². The van der Waals surface area contributed by atoms with Crippen molar-refractivity contribution in [2.75, 3.05) is 0 Å². The van der Waals surface area contributed by atoms with E-state index in [0.29, 0.717) is 10.6 Å². The van der Waals surface area contributed by atoms with Crippen LogP contribution >= 0.6 is 22.9 Å². The monoisotopic (exact) mass is 290 g/mol. The molecule has 19 heavy (non-hydrogen) atoms. The van der Waals surface area contributed by atoms with Crippen LogP contribution in [0.25, 0.3) is 0 Å². The molecule has 0 N–H and O–H groups in total. The lowest BCUT2D eigenvalue weighted by molar-refractivity contribution is 0.104. The number of benzene rings is 1. The van der Waals surface area contributed by atoms with Crippen LogP contribution in [0.3, 0.4) is 0 Å². The molecule has 1 heterocycles. The van der Waals surface area contributed by atoms with Crippen LogP contribution in [0.1, 0.15) is 44.9 Å². The second kappa shape index (κ2) is 5.48. The number of carbonyl (C=O) groups is 1. The van der Waals surface area contributed by atoms with E-state index >= 15 is 0 Å². The molecular weight excluding hydrogens is 276 g/mol. The molecule has 1 nitrogen and oxygen atoms in total. The fourth-order valence-corrected chi connectivity index (χ4v) is 3.96. The van der Waals surface area contributed by atoms with Crippen LogP contribution in [-0.2, 0) is 12.8 Å². The molecule has 1 aromatic heterocycles. The first-order valence-electron chi connectivity index (χ1n) is 6.66. The number of rotatable bonds is 2. The minimum atomic E-state index is 0.0978. The highest BCUT2D eigenvalue weighted by molar-refractivity contribution is 7.14. The number of ketones is 1. The van der Waals surface area contributed by atoms with Crippen LogP contribution < -0.4 is 0 Å². The molecule has 0 saturated carbocycles. The van der Waals surface area contributed by atoms with Crippen molar-refractivity contribution in [3.63, 3.8) is 0 Å². The molecule has 0 amide bonds. The highest BCUT2D eigenvalue weighted by Gasteiger charge is 2.17. The fourth-order valence-electron chi connectivity index (χ4n) is 2.55. The maximum absolute atomic E-state index is 12.5. The van der Waals surface area contributed by atoms with Crippen molar-refractivity contribution < 1.29 is 4.79 Å². The van der Waals surface area contributed by atoms with Gasteiger partial charge in [-0.1, -0.05) is 30.2 Å². The molecule has 98 valence electrons. The van der Waals surface area contributed by atoms with Gasteiger partial charge in [0.15, 0.2) is 0 Å². The Labute approximate surface area is 122 Å². The minimum Gasteiger partial charge on any atom is -0.288 e. The zero-order chi connectivity index (χ0) is 13.2. The highest BCUT2D eigenvalue weighted by atomic mass is 35.5. The Morgan fingerprint density at radius 3 is 2.79 bits per heavy atom. The number of hydrogen-bond acceptors (Lipinski definition) is 2. The number of fused-ring (bicyclic) bond motifs is 1. The fraction of sp³-hybridized carbons (Fsp3) is 0.312. The van der Waals surface area contributed by atoms with Gasteiger partial charge >= 0.3 is 0 Å². The van der Waals surface area contributed by atoms with E-state index in [1.807, 2.05) is 12.1 Å².